The van der Waals surface area contributed by atoms with Gasteiger partial charge < -0.3 is 14.2 Å². The number of ketones is 1. The molecule has 0 radical (unpaired) electrons. The van der Waals surface area contributed by atoms with Crippen molar-refractivity contribution in [3.05, 3.63) is 0 Å². The second-order valence-electron chi connectivity index (χ2n) is 1.78. The molecule has 0 amide bonds. The van der Waals surface area contributed by atoms with Crippen LogP contribution in [0.4, 0.5) is 0 Å². The monoisotopic (exact) mass is 148 g/mol. The van der Waals surface area contributed by atoms with Gasteiger partial charge in [-0.2, -0.15) is 0 Å². The summed E-state index contributed by atoms with van der Waals surface area (Å²) < 4.78 is 14.0. The summed E-state index contributed by atoms with van der Waals surface area (Å²) in [4.78, 5) is 10.3. The molecule has 0 heterocycles. The molecule has 0 atom stereocenters. The maximum absolute atomic E-state index is 10.3. The number of ether oxygens (including phenoxy) is 3. The van der Waals surface area contributed by atoms with Crippen LogP contribution in [-0.4, -0.2) is 33.1 Å². The van der Waals surface area contributed by atoms with Gasteiger partial charge in [0.2, 0.25) is 0 Å². The van der Waals surface area contributed by atoms with Crippen LogP contribution in [0.2, 0.25) is 0 Å². The molecule has 0 fully saturated rings. The van der Waals surface area contributed by atoms with Crippen LogP contribution in [0.1, 0.15) is 6.92 Å². The highest BCUT2D eigenvalue weighted by Gasteiger charge is 1.91. The summed E-state index contributed by atoms with van der Waals surface area (Å²) in [7, 11) is 1.52. The van der Waals surface area contributed by atoms with Crippen molar-refractivity contribution in [3.8, 4) is 0 Å². The van der Waals surface area contributed by atoms with Gasteiger partial charge in [0.15, 0.2) is 5.78 Å². The number of hydrogen-bond donors (Lipinski definition) is 0. The number of hydrogen-bond acceptors (Lipinski definition) is 4. The lowest BCUT2D eigenvalue weighted by Gasteiger charge is -2.01. The minimum absolute atomic E-state index is 0.0129. The van der Waals surface area contributed by atoms with Gasteiger partial charge in [0.1, 0.15) is 20.2 Å². The molecule has 0 aliphatic carbocycles. The van der Waals surface area contributed by atoms with Crippen LogP contribution in [0.5, 0.6) is 0 Å². The molecule has 0 spiro atoms. The number of Topliss-reactive ketones (excluding diaryl/α,β-unsaturated/α-hetero) is 1. The van der Waals surface area contributed by atoms with Gasteiger partial charge in [-0.1, -0.05) is 0 Å². The van der Waals surface area contributed by atoms with Gasteiger partial charge in [0.25, 0.3) is 0 Å². The molecule has 0 rings (SSSR count). The Hall–Kier alpha value is -0.450. The predicted molar refractivity (Wildman–Crippen MR) is 34.5 cm³/mol. The lowest BCUT2D eigenvalue weighted by Crippen LogP contribution is -2.08. The fourth-order valence-corrected chi connectivity index (χ4v) is 0.362. The highest BCUT2D eigenvalue weighted by atomic mass is 16.7. The largest absolute Gasteiger partial charge is 0.359 e. The first-order valence-corrected chi connectivity index (χ1v) is 2.91. The van der Waals surface area contributed by atoms with Crippen LogP contribution < -0.4 is 0 Å². The van der Waals surface area contributed by atoms with Crippen LogP contribution in [0.3, 0.4) is 0 Å². The number of methoxy groups -OCH3 is 1. The summed E-state index contributed by atoms with van der Waals surface area (Å²) in [6.45, 7) is 1.85. The van der Waals surface area contributed by atoms with Crippen LogP contribution in [0.25, 0.3) is 0 Å². The summed E-state index contributed by atoms with van der Waals surface area (Å²) >= 11 is 0. The van der Waals surface area contributed by atoms with Crippen molar-refractivity contribution >= 4 is 5.78 Å². The Kier molecular flexibility index (Phi) is 6.37. The molecular weight excluding hydrogens is 136 g/mol. The topological polar surface area (TPSA) is 44.8 Å². The molecule has 0 aliphatic rings. The normalized spacial score (nSPS) is 9.80. The van der Waals surface area contributed by atoms with Gasteiger partial charge in [-0.25, -0.2) is 0 Å². The van der Waals surface area contributed by atoms with Gasteiger partial charge in [-0.3, -0.25) is 4.79 Å². The van der Waals surface area contributed by atoms with E-state index in [4.69, 9.17) is 9.47 Å². The Balaban J connectivity index is 2.84. The minimum atomic E-state index is -0.0129. The van der Waals surface area contributed by atoms with E-state index in [1.807, 2.05) is 0 Å². The molecule has 0 aromatic rings. The summed E-state index contributed by atoms with van der Waals surface area (Å²) in [6.07, 6.45) is 0. The smallest absolute Gasteiger partial charge is 0.155 e. The van der Waals surface area contributed by atoms with Gasteiger partial charge in [0.05, 0.1) is 0 Å². The van der Waals surface area contributed by atoms with Crippen LogP contribution in [0, 0.1) is 0 Å². The fraction of sp³-hybridized carbons (Fsp3) is 0.833. The second kappa shape index (κ2) is 6.67. The molecule has 0 unspecified atom stereocenters. The van der Waals surface area contributed by atoms with E-state index in [1.54, 1.807) is 0 Å². The number of carbonyl (C=O) groups excluding carboxylic acids is 1. The summed E-state index contributed by atoms with van der Waals surface area (Å²) in [5.74, 6) is -0.0129. The van der Waals surface area contributed by atoms with Gasteiger partial charge in [-0.15, -0.1) is 0 Å². The van der Waals surface area contributed by atoms with Gasteiger partial charge in [0, 0.05) is 7.11 Å². The molecule has 0 saturated heterocycles. The zero-order chi connectivity index (χ0) is 7.82. The predicted octanol–water partition coefficient (Wildman–Crippen LogP) is 0.170. The van der Waals surface area contributed by atoms with E-state index in [0.29, 0.717) is 0 Å². The average molecular weight is 148 g/mol. The summed E-state index contributed by atoms with van der Waals surface area (Å²) in [6, 6.07) is 0. The first kappa shape index (κ1) is 9.55. The van der Waals surface area contributed by atoms with Gasteiger partial charge in [-0.05, 0) is 6.92 Å². The maximum atomic E-state index is 10.3. The van der Waals surface area contributed by atoms with Crippen molar-refractivity contribution in [1.29, 1.82) is 0 Å². The third-order valence-electron chi connectivity index (χ3n) is 0.673. The summed E-state index contributed by atoms with van der Waals surface area (Å²) in [5.41, 5.74) is 0. The van der Waals surface area contributed by atoms with E-state index in [1.165, 1.54) is 14.0 Å². The molecule has 4 heteroatoms. The Bertz CT molecular complexity index is 91.7. The van der Waals surface area contributed by atoms with E-state index in [2.05, 4.69) is 4.74 Å². The quantitative estimate of drug-likeness (QED) is 0.398. The molecule has 10 heavy (non-hydrogen) atoms. The molecule has 60 valence electrons. The van der Waals surface area contributed by atoms with E-state index in [9.17, 15) is 4.79 Å². The van der Waals surface area contributed by atoms with E-state index >= 15 is 0 Å². The number of rotatable bonds is 6. The Morgan fingerprint density at radius 3 is 2.50 bits per heavy atom. The minimum Gasteiger partial charge on any atom is -0.359 e. The molecule has 0 aromatic carbocycles. The average Bonchev–Trinajstić information content (AvgIpc) is 1.87. The number of carbonyl (C=O) groups is 1. The SMILES string of the molecule is COCOCOCC(C)=O. The molecule has 0 aromatic heterocycles. The third-order valence-corrected chi connectivity index (χ3v) is 0.673. The Labute approximate surface area is 60.1 Å². The first-order chi connectivity index (χ1) is 4.77. The molecule has 0 bridgehead atoms. The Morgan fingerprint density at radius 2 is 2.00 bits per heavy atom. The fourth-order valence-electron chi connectivity index (χ4n) is 0.362. The zero-order valence-electron chi connectivity index (χ0n) is 6.25. The lowest BCUT2D eigenvalue weighted by molar-refractivity contribution is -0.139. The molecule has 0 saturated carbocycles. The molecule has 0 N–H and O–H groups in total. The van der Waals surface area contributed by atoms with Crippen LogP contribution in [0.15, 0.2) is 0 Å². The maximum Gasteiger partial charge on any atom is 0.155 e. The van der Waals surface area contributed by atoms with Crippen molar-refractivity contribution in [2.45, 2.75) is 6.92 Å². The van der Waals surface area contributed by atoms with Crippen molar-refractivity contribution in [2.24, 2.45) is 0 Å². The lowest BCUT2D eigenvalue weighted by atomic mass is 10.5. The van der Waals surface area contributed by atoms with Crippen LogP contribution in [-0.2, 0) is 19.0 Å². The van der Waals surface area contributed by atoms with Crippen molar-refractivity contribution in [3.63, 3.8) is 0 Å². The van der Waals surface area contributed by atoms with E-state index in [0.717, 1.165) is 0 Å². The van der Waals surface area contributed by atoms with Crippen molar-refractivity contribution in [1.82, 2.24) is 0 Å². The van der Waals surface area contributed by atoms with Crippen LogP contribution >= 0.6 is 0 Å². The molecule has 0 aliphatic heterocycles. The van der Waals surface area contributed by atoms with Crippen molar-refractivity contribution < 1.29 is 19.0 Å². The van der Waals surface area contributed by atoms with E-state index in [-0.39, 0.29) is 26.0 Å². The molecular formula is C6H12O4. The second-order valence-corrected chi connectivity index (χ2v) is 1.78. The Morgan fingerprint density at radius 1 is 1.30 bits per heavy atom. The van der Waals surface area contributed by atoms with Crippen molar-refractivity contribution in [2.75, 3.05) is 27.3 Å². The standard InChI is InChI=1S/C6H12O4/c1-6(7)3-9-5-10-4-8-2/h3-5H2,1-2H3. The first-order valence-electron chi connectivity index (χ1n) is 2.91. The van der Waals surface area contributed by atoms with Gasteiger partial charge >= 0.3 is 0 Å². The third kappa shape index (κ3) is 7.55. The van der Waals surface area contributed by atoms with E-state index < -0.39 is 0 Å². The zero-order valence-corrected chi connectivity index (χ0v) is 6.25. The molecule has 4 nitrogen and oxygen atoms in total. The highest BCUT2D eigenvalue weighted by molar-refractivity contribution is 5.76. The highest BCUT2D eigenvalue weighted by Crippen LogP contribution is 1.79. The summed E-state index contributed by atoms with van der Waals surface area (Å²) in [5, 5.41) is 0.